The first kappa shape index (κ1) is 17.3. The molecule has 0 saturated carbocycles. The molecule has 1 rings (SSSR count). The maximum Gasteiger partial charge on any atom is 0.226 e. The second-order valence-corrected chi connectivity index (χ2v) is 5.09. The summed E-state index contributed by atoms with van der Waals surface area (Å²) in [4.78, 5) is 14.0. The average molecular weight is 294 g/mol. The zero-order valence-electron chi connectivity index (χ0n) is 13.6. The molecule has 0 saturated heterocycles. The van der Waals surface area contributed by atoms with E-state index in [2.05, 4.69) is 5.32 Å². The molecule has 0 radical (unpaired) electrons. The summed E-state index contributed by atoms with van der Waals surface area (Å²) in [5.41, 5.74) is 1.01. The van der Waals surface area contributed by atoms with Crippen molar-refractivity contribution in [2.45, 2.75) is 20.4 Å². The first-order chi connectivity index (χ1) is 10.0. The summed E-state index contributed by atoms with van der Waals surface area (Å²) in [6.07, 6.45) is 0. The molecule has 0 heterocycles. The maximum absolute atomic E-state index is 12.3. The fourth-order valence-electron chi connectivity index (χ4n) is 2.16. The molecule has 0 aliphatic carbocycles. The SMILES string of the molecule is CCNCC(C)C(=O)N(C)Cc1ccc(OC)c(OC)c1. The standard InChI is InChI=1S/C16H26N2O3/c1-6-17-10-12(2)16(19)18(3)11-13-7-8-14(20-4)15(9-13)21-5/h7-9,12,17H,6,10-11H2,1-5H3. The fourth-order valence-corrected chi connectivity index (χ4v) is 2.16. The van der Waals surface area contributed by atoms with E-state index in [9.17, 15) is 4.79 Å². The minimum Gasteiger partial charge on any atom is -0.493 e. The van der Waals surface area contributed by atoms with Gasteiger partial charge in [0.2, 0.25) is 5.91 Å². The summed E-state index contributed by atoms with van der Waals surface area (Å²) in [5.74, 6) is 1.47. The van der Waals surface area contributed by atoms with Crippen molar-refractivity contribution in [1.29, 1.82) is 0 Å². The number of hydrogen-bond acceptors (Lipinski definition) is 4. The summed E-state index contributed by atoms with van der Waals surface area (Å²) < 4.78 is 10.5. The summed E-state index contributed by atoms with van der Waals surface area (Å²) in [5, 5.41) is 3.20. The van der Waals surface area contributed by atoms with Crippen molar-refractivity contribution in [3.05, 3.63) is 23.8 Å². The lowest BCUT2D eigenvalue weighted by Gasteiger charge is -2.22. The van der Waals surface area contributed by atoms with Gasteiger partial charge in [0.25, 0.3) is 0 Å². The Kier molecular flexibility index (Phi) is 7.02. The predicted molar refractivity (Wildman–Crippen MR) is 83.7 cm³/mol. The van der Waals surface area contributed by atoms with Crippen molar-refractivity contribution in [2.24, 2.45) is 5.92 Å². The van der Waals surface area contributed by atoms with E-state index in [0.29, 0.717) is 24.6 Å². The van der Waals surface area contributed by atoms with Crippen LogP contribution >= 0.6 is 0 Å². The number of nitrogens with zero attached hydrogens (tertiary/aromatic N) is 1. The molecule has 1 aromatic carbocycles. The van der Waals surface area contributed by atoms with Crippen molar-refractivity contribution in [3.63, 3.8) is 0 Å². The van der Waals surface area contributed by atoms with Crippen LogP contribution in [0.15, 0.2) is 18.2 Å². The Morgan fingerprint density at radius 2 is 1.95 bits per heavy atom. The second kappa shape index (κ2) is 8.52. The van der Waals surface area contributed by atoms with Gasteiger partial charge in [-0.05, 0) is 24.2 Å². The van der Waals surface area contributed by atoms with Crippen molar-refractivity contribution in [1.82, 2.24) is 10.2 Å². The van der Waals surface area contributed by atoms with E-state index in [4.69, 9.17) is 9.47 Å². The van der Waals surface area contributed by atoms with Gasteiger partial charge in [0.05, 0.1) is 14.2 Å². The number of carbonyl (C=O) groups is 1. The van der Waals surface area contributed by atoms with E-state index < -0.39 is 0 Å². The molecule has 0 aliphatic rings. The molecular formula is C16H26N2O3. The van der Waals surface area contributed by atoms with E-state index in [0.717, 1.165) is 12.1 Å². The molecule has 118 valence electrons. The Labute approximate surface area is 127 Å². The van der Waals surface area contributed by atoms with E-state index >= 15 is 0 Å². The summed E-state index contributed by atoms with van der Waals surface area (Å²) in [7, 11) is 5.03. The van der Waals surface area contributed by atoms with E-state index in [-0.39, 0.29) is 11.8 Å². The maximum atomic E-state index is 12.3. The Bertz CT molecular complexity index is 463. The van der Waals surface area contributed by atoms with Crippen LogP contribution in [0.5, 0.6) is 11.5 Å². The lowest BCUT2D eigenvalue weighted by atomic mass is 10.1. The van der Waals surface area contributed by atoms with Crippen LogP contribution in [-0.2, 0) is 11.3 Å². The van der Waals surface area contributed by atoms with Gasteiger partial charge in [-0.3, -0.25) is 4.79 Å². The van der Waals surface area contributed by atoms with E-state index in [1.165, 1.54) is 0 Å². The van der Waals surface area contributed by atoms with Crippen molar-refractivity contribution < 1.29 is 14.3 Å². The summed E-state index contributed by atoms with van der Waals surface area (Å²) >= 11 is 0. The average Bonchev–Trinajstić information content (AvgIpc) is 2.51. The zero-order valence-corrected chi connectivity index (χ0v) is 13.6. The van der Waals surface area contributed by atoms with Crippen molar-refractivity contribution in [3.8, 4) is 11.5 Å². The van der Waals surface area contributed by atoms with Crippen LogP contribution in [0.2, 0.25) is 0 Å². The first-order valence-electron chi connectivity index (χ1n) is 7.20. The van der Waals surface area contributed by atoms with Crippen LogP contribution in [0.25, 0.3) is 0 Å². The minimum atomic E-state index is -0.0323. The van der Waals surface area contributed by atoms with Crippen LogP contribution < -0.4 is 14.8 Å². The van der Waals surface area contributed by atoms with Crippen molar-refractivity contribution >= 4 is 5.91 Å². The van der Waals surface area contributed by atoms with Crippen molar-refractivity contribution in [2.75, 3.05) is 34.4 Å². The van der Waals surface area contributed by atoms with E-state index in [1.807, 2.05) is 39.1 Å². The van der Waals surface area contributed by atoms with Crippen LogP contribution in [0, 0.1) is 5.92 Å². The Morgan fingerprint density at radius 1 is 1.29 bits per heavy atom. The molecule has 1 aromatic rings. The number of amides is 1. The third-order valence-electron chi connectivity index (χ3n) is 3.37. The highest BCUT2D eigenvalue weighted by Gasteiger charge is 2.17. The Balaban J connectivity index is 2.69. The van der Waals surface area contributed by atoms with E-state index in [1.54, 1.807) is 19.1 Å². The van der Waals surface area contributed by atoms with Gasteiger partial charge < -0.3 is 19.7 Å². The Hall–Kier alpha value is -1.75. The Morgan fingerprint density at radius 3 is 2.52 bits per heavy atom. The van der Waals surface area contributed by atoms with Crippen LogP contribution in [-0.4, -0.2) is 45.2 Å². The van der Waals surface area contributed by atoms with Gasteiger partial charge in [0, 0.05) is 26.1 Å². The molecule has 0 spiro atoms. The van der Waals surface area contributed by atoms with Gasteiger partial charge in [-0.1, -0.05) is 19.9 Å². The molecule has 21 heavy (non-hydrogen) atoms. The third kappa shape index (κ3) is 4.93. The first-order valence-corrected chi connectivity index (χ1v) is 7.20. The number of ether oxygens (including phenoxy) is 2. The number of hydrogen-bond donors (Lipinski definition) is 1. The molecule has 5 heteroatoms. The topological polar surface area (TPSA) is 50.8 Å². The molecule has 1 atom stereocenters. The molecule has 0 aromatic heterocycles. The van der Waals surface area contributed by atoms with Crippen LogP contribution in [0.3, 0.4) is 0 Å². The highest BCUT2D eigenvalue weighted by molar-refractivity contribution is 5.78. The molecule has 1 amide bonds. The normalized spacial score (nSPS) is 11.9. The quantitative estimate of drug-likeness (QED) is 0.796. The van der Waals surface area contributed by atoms with Crippen LogP contribution in [0.1, 0.15) is 19.4 Å². The van der Waals surface area contributed by atoms with Gasteiger partial charge in [0.15, 0.2) is 11.5 Å². The third-order valence-corrected chi connectivity index (χ3v) is 3.37. The number of carbonyl (C=O) groups excluding carboxylic acids is 1. The van der Waals surface area contributed by atoms with Gasteiger partial charge >= 0.3 is 0 Å². The highest BCUT2D eigenvalue weighted by Crippen LogP contribution is 2.28. The van der Waals surface area contributed by atoms with Gasteiger partial charge in [-0.2, -0.15) is 0 Å². The van der Waals surface area contributed by atoms with Gasteiger partial charge in [-0.25, -0.2) is 0 Å². The van der Waals surface area contributed by atoms with Gasteiger partial charge in [-0.15, -0.1) is 0 Å². The van der Waals surface area contributed by atoms with Gasteiger partial charge in [0.1, 0.15) is 0 Å². The second-order valence-electron chi connectivity index (χ2n) is 5.09. The number of rotatable bonds is 8. The lowest BCUT2D eigenvalue weighted by Crippen LogP contribution is -2.36. The lowest BCUT2D eigenvalue weighted by molar-refractivity contribution is -0.134. The number of benzene rings is 1. The highest BCUT2D eigenvalue weighted by atomic mass is 16.5. The largest absolute Gasteiger partial charge is 0.493 e. The predicted octanol–water partition coefficient (Wildman–Crippen LogP) is 1.91. The number of nitrogens with one attached hydrogen (secondary N) is 1. The summed E-state index contributed by atoms with van der Waals surface area (Å²) in [6, 6.07) is 5.70. The van der Waals surface area contributed by atoms with Crippen LogP contribution in [0.4, 0.5) is 0 Å². The number of methoxy groups -OCH3 is 2. The molecule has 0 fully saturated rings. The summed E-state index contributed by atoms with van der Waals surface area (Å²) in [6.45, 7) is 6.10. The monoisotopic (exact) mass is 294 g/mol. The molecule has 1 N–H and O–H groups in total. The molecule has 0 aliphatic heterocycles. The zero-order chi connectivity index (χ0) is 15.8. The molecular weight excluding hydrogens is 268 g/mol. The minimum absolute atomic E-state index is 0.0323. The molecule has 5 nitrogen and oxygen atoms in total. The fraction of sp³-hybridized carbons (Fsp3) is 0.562. The molecule has 1 unspecified atom stereocenters. The smallest absolute Gasteiger partial charge is 0.226 e. The molecule has 0 bridgehead atoms.